The summed E-state index contributed by atoms with van der Waals surface area (Å²) in [5.74, 6) is 1.17. The molecule has 0 aromatic heterocycles. The number of aliphatic imine (C=N–C) groups is 1. The molecule has 0 bridgehead atoms. The number of benzene rings is 2. The highest BCUT2D eigenvalue weighted by Crippen LogP contribution is 2.40. The predicted octanol–water partition coefficient (Wildman–Crippen LogP) is 5.97. The Morgan fingerprint density at radius 3 is 2.67 bits per heavy atom. The van der Waals surface area contributed by atoms with Crippen molar-refractivity contribution in [2.45, 2.75) is 58.9 Å². The third kappa shape index (κ3) is 4.35. The van der Waals surface area contributed by atoms with Gasteiger partial charge in [0.1, 0.15) is 0 Å². The summed E-state index contributed by atoms with van der Waals surface area (Å²) in [6.45, 7) is 6.82. The Morgan fingerprint density at radius 2 is 1.90 bits per heavy atom. The fourth-order valence-electron chi connectivity index (χ4n) is 3.90. The summed E-state index contributed by atoms with van der Waals surface area (Å²) in [5, 5.41) is 0. The van der Waals surface area contributed by atoms with Crippen LogP contribution in [0, 0.1) is 0 Å². The third-order valence-corrected chi connectivity index (χ3v) is 5.38. The minimum Gasteiger partial charge on any atom is -0.493 e. The van der Waals surface area contributed by atoms with E-state index < -0.39 is 0 Å². The number of amides is 1. The van der Waals surface area contributed by atoms with Gasteiger partial charge in [-0.3, -0.25) is 14.7 Å². The second-order valence-electron chi connectivity index (χ2n) is 7.28. The molecule has 0 saturated carbocycles. The average molecular weight is 409 g/mol. The summed E-state index contributed by atoms with van der Waals surface area (Å²) in [6, 6.07) is 11.6. The van der Waals surface area contributed by atoms with Gasteiger partial charge in [-0.2, -0.15) is 0 Å². The standard InChI is InChI=1S/C23H26N2O3.C2H6/c1-3-4-5-8-11-28-22-14-19-18(13-21(22)27-2)23(26)25-17(15-24-19)12-16-9-6-7-10-20(16)25;1-2/h6-7,9-10,13-15,17H,3-5,8,11-12H2,1-2H3;1-2H3. The predicted molar refractivity (Wildman–Crippen MR) is 123 cm³/mol. The minimum absolute atomic E-state index is 0.0461. The highest BCUT2D eigenvalue weighted by molar-refractivity contribution is 6.14. The van der Waals surface area contributed by atoms with Crippen LogP contribution in [0.1, 0.15) is 62.4 Å². The van der Waals surface area contributed by atoms with E-state index >= 15 is 0 Å². The molecule has 0 fully saturated rings. The average Bonchev–Trinajstić information content (AvgIpc) is 3.10. The first-order chi connectivity index (χ1) is 14.7. The van der Waals surface area contributed by atoms with Gasteiger partial charge < -0.3 is 9.47 Å². The van der Waals surface area contributed by atoms with E-state index in [4.69, 9.17) is 9.47 Å². The molecule has 2 aliphatic rings. The summed E-state index contributed by atoms with van der Waals surface area (Å²) in [4.78, 5) is 19.8. The van der Waals surface area contributed by atoms with E-state index in [0.29, 0.717) is 29.4 Å². The second kappa shape index (κ2) is 10.3. The van der Waals surface area contributed by atoms with Gasteiger partial charge >= 0.3 is 0 Å². The smallest absolute Gasteiger partial charge is 0.261 e. The molecule has 2 aliphatic heterocycles. The molecule has 1 unspecified atom stereocenters. The first kappa shape index (κ1) is 21.9. The molecule has 0 saturated heterocycles. The minimum atomic E-state index is -0.0540. The molecule has 0 aliphatic carbocycles. The molecule has 160 valence electrons. The first-order valence-corrected chi connectivity index (χ1v) is 11.0. The number of rotatable bonds is 7. The molecule has 1 amide bonds. The van der Waals surface area contributed by atoms with Gasteiger partial charge in [-0.1, -0.05) is 58.2 Å². The zero-order valence-electron chi connectivity index (χ0n) is 18.5. The maximum absolute atomic E-state index is 13.3. The van der Waals surface area contributed by atoms with Gasteiger partial charge in [0.05, 0.1) is 31.0 Å². The molecular formula is C25H32N2O3. The fourth-order valence-corrected chi connectivity index (χ4v) is 3.90. The van der Waals surface area contributed by atoms with Crippen molar-refractivity contribution in [3.63, 3.8) is 0 Å². The molecule has 5 heteroatoms. The lowest BCUT2D eigenvalue weighted by Crippen LogP contribution is -2.37. The van der Waals surface area contributed by atoms with Gasteiger partial charge in [0.2, 0.25) is 0 Å². The number of nitrogens with zero attached hydrogens (tertiary/aromatic N) is 2. The van der Waals surface area contributed by atoms with Crippen LogP contribution in [0.25, 0.3) is 0 Å². The van der Waals surface area contributed by atoms with E-state index in [1.807, 2.05) is 49.2 Å². The van der Waals surface area contributed by atoms with Crippen molar-refractivity contribution in [1.82, 2.24) is 0 Å². The van der Waals surface area contributed by atoms with E-state index in [1.54, 1.807) is 13.2 Å². The number of methoxy groups -OCH3 is 1. The number of hydrogen-bond acceptors (Lipinski definition) is 4. The normalized spacial score (nSPS) is 16.1. The number of carbonyl (C=O) groups is 1. The van der Waals surface area contributed by atoms with Crippen molar-refractivity contribution in [2.24, 2.45) is 4.99 Å². The molecule has 0 N–H and O–H groups in total. The topological polar surface area (TPSA) is 51.1 Å². The van der Waals surface area contributed by atoms with Crippen molar-refractivity contribution >= 4 is 23.5 Å². The summed E-state index contributed by atoms with van der Waals surface area (Å²) < 4.78 is 11.5. The third-order valence-electron chi connectivity index (χ3n) is 5.38. The number of carbonyl (C=O) groups excluding carboxylic acids is 1. The van der Waals surface area contributed by atoms with Crippen LogP contribution in [0.15, 0.2) is 41.4 Å². The van der Waals surface area contributed by atoms with E-state index in [9.17, 15) is 4.79 Å². The van der Waals surface area contributed by atoms with Gasteiger partial charge in [0.15, 0.2) is 11.5 Å². The summed E-state index contributed by atoms with van der Waals surface area (Å²) in [5.41, 5.74) is 3.33. The highest BCUT2D eigenvalue weighted by atomic mass is 16.5. The molecule has 2 aromatic rings. The molecule has 4 rings (SSSR count). The van der Waals surface area contributed by atoms with Crippen LogP contribution in [0.3, 0.4) is 0 Å². The van der Waals surface area contributed by atoms with Gasteiger partial charge in [-0.15, -0.1) is 0 Å². The van der Waals surface area contributed by atoms with E-state index in [0.717, 1.165) is 24.9 Å². The number of fused-ring (bicyclic) bond motifs is 4. The SMILES string of the molecule is CC.CCCCCCOc1cc2c(cc1OC)C(=O)N1c3ccccc3CC1C=N2. The zero-order chi connectivity index (χ0) is 21.5. The van der Waals surface area contributed by atoms with Crippen LogP contribution in [0.5, 0.6) is 11.5 Å². The van der Waals surface area contributed by atoms with E-state index in [-0.39, 0.29) is 11.9 Å². The van der Waals surface area contributed by atoms with Crippen molar-refractivity contribution in [2.75, 3.05) is 18.6 Å². The largest absolute Gasteiger partial charge is 0.493 e. The van der Waals surface area contributed by atoms with Crippen LogP contribution < -0.4 is 14.4 Å². The molecule has 30 heavy (non-hydrogen) atoms. The fraction of sp³-hybridized carbons (Fsp3) is 0.440. The number of unbranched alkanes of at least 4 members (excludes halogenated alkanes) is 3. The Kier molecular flexibility index (Phi) is 7.50. The number of para-hydroxylation sites is 1. The van der Waals surface area contributed by atoms with Gasteiger partial charge in [-0.05, 0) is 24.1 Å². The van der Waals surface area contributed by atoms with Crippen molar-refractivity contribution < 1.29 is 14.3 Å². The Hall–Kier alpha value is -2.82. The molecule has 5 nitrogen and oxygen atoms in total. The van der Waals surface area contributed by atoms with Gasteiger partial charge in [0, 0.05) is 24.4 Å². The van der Waals surface area contributed by atoms with E-state index in [1.165, 1.54) is 18.4 Å². The molecule has 2 heterocycles. The molecule has 2 aromatic carbocycles. The van der Waals surface area contributed by atoms with Crippen LogP contribution >= 0.6 is 0 Å². The van der Waals surface area contributed by atoms with Gasteiger partial charge in [-0.25, -0.2) is 0 Å². The zero-order valence-corrected chi connectivity index (χ0v) is 18.5. The Morgan fingerprint density at radius 1 is 1.10 bits per heavy atom. The Balaban J connectivity index is 0.00000124. The Labute approximate surface area is 179 Å². The monoisotopic (exact) mass is 408 g/mol. The molecular weight excluding hydrogens is 376 g/mol. The summed E-state index contributed by atoms with van der Waals surface area (Å²) >= 11 is 0. The maximum Gasteiger partial charge on any atom is 0.261 e. The molecule has 0 spiro atoms. The highest BCUT2D eigenvalue weighted by Gasteiger charge is 2.36. The Bertz CT molecular complexity index is 907. The molecule has 1 atom stereocenters. The number of anilines is 1. The second-order valence-corrected chi connectivity index (χ2v) is 7.28. The lowest BCUT2D eigenvalue weighted by atomic mass is 10.1. The lowest BCUT2D eigenvalue weighted by molar-refractivity contribution is 0.0986. The van der Waals surface area contributed by atoms with Crippen LogP contribution in [0.2, 0.25) is 0 Å². The van der Waals surface area contributed by atoms with Crippen LogP contribution in [0.4, 0.5) is 11.4 Å². The quantitative estimate of drug-likeness (QED) is 0.531. The lowest BCUT2D eigenvalue weighted by Gasteiger charge is -2.22. The van der Waals surface area contributed by atoms with E-state index in [2.05, 4.69) is 18.0 Å². The van der Waals surface area contributed by atoms with Crippen LogP contribution in [-0.4, -0.2) is 31.9 Å². The molecule has 0 radical (unpaired) electrons. The van der Waals surface area contributed by atoms with Crippen LogP contribution in [-0.2, 0) is 6.42 Å². The van der Waals surface area contributed by atoms with Crippen molar-refractivity contribution in [3.05, 3.63) is 47.5 Å². The first-order valence-electron chi connectivity index (χ1n) is 11.0. The van der Waals surface area contributed by atoms with Crippen molar-refractivity contribution in [3.8, 4) is 11.5 Å². The van der Waals surface area contributed by atoms with Crippen molar-refractivity contribution in [1.29, 1.82) is 0 Å². The summed E-state index contributed by atoms with van der Waals surface area (Å²) in [7, 11) is 1.60. The summed E-state index contributed by atoms with van der Waals surface area (Å²) in [6.07, 6.45) is 7.22. The maximum atomic E-state index is 13.3. The number of ether oxygens (including phenoxy) is 2. The van der Waals surface area contributed by atoms with Gasteiger partial charge in [0.25, 0.3) is 5.91 Å². The number of hydrogen-bond donors (Lipinski definition) is 0.